The fourth-order valence-electron chi connectivity index (χ4n) is 2.58. The van der Waals surface area contributed by atoms with Gasteiger partial charge in [-0.05, 0) is 25.7 Å². The first-order chi connectivity index (χ1) is 10.1. The molecule has 1 aliphatic heterocycles. The average molecular weight is 326 g/mol. The number of thioether (sulfide) groups is 2. The highest BCUT2D eigenvalue weighted by Gasteiger charge is 2.29. The number of nitrogens with zero attached hydrogens (tertiary/aromatic N) is 2. The molecule has 0 aromatic carbocycles. The summed E-state index contributed by atoms with van der Waals surface area (Å²) >= 11 is 4.11. The molecule has 1 aromatic rings. The van der Waals surface area contributed by atoms with Gasteiger partial charge in [-0.15, -0.1) is 11.8 Å². The Morgan fingerprint density at radius 3 is 2.67 bits per heavy atom. The molecule has 2 atom stereocenters. The zero-order valence-corrected chi connectivity index (χ0v) is 15.2. The Bertz CT molecular complexity index is 451. The Hall–Kier alpha value is -0.420. The highest BCUT2D eigenvalue weighted by atomic mass is 32.2. The molecule has 0 radical (unpaired) electrons. The molecule has 1 fully saturated rings. The Labute approximate surface area is 137 Å². The average Bonchev–Trinajstić information content (AvgIpc) is 2.46. The van der Waals surface area contributed by atoms with Crippen molar-refractivity contribution in [2.45, 2.75) is 51.0 Å². The summed E-state index contributed by atoms with van der Waals surface area (Å²) in [6.45, 7) is 9.79. The number of aromatic nitrogens is 2. The summed E-state index contributed by atoms with van der Waals surface area (Å²) in [5.74, 6) is 5.11. The standard InChI is InChI=1S/C16H27N3S2/c1-5-13-15(21-8-7-20-13)16-18-12(9-11(3)4)10-14(19-16)17-6-2/h10-11,13,15H,5-9H2,1-4H3,(H,17,18,19). The molecule has 0 spiro atoms. The van der Waals surface area contributed by atoms with Crippen LogP contribution >= 0.6 is 23.5 Å². The van der Waals surface area contributed by atoms with Crippen LogP contribution in [0.4, 0.5) is 5.82 Å². The molecule has 2 unspecified atom stereocenters. The summed E-state index contributed by atoms with van der Waals surface area (Å²) in [5.41, 5.74) is 1.18. The monoisotopic (exact) mass is 325 g/mol. The van der Waals surface area contributed by atoms with Gasteiger partial charge in [0.2, 0.25) is 0 Å². The number of anilines is 1. The van der Waals surface area contributed by atoms with Crippen molar-refractivity contribution >= 4 is 29.3 Å². The third-order valence-corrected chi connectivity index (χ3v) is 6.72. The Morgan fingerprint density at radius 2 is 2.00 bits per heavy atom. The lowest BCUT2D eigenvalue weighted by Crippen LogP contribution is -2.21. The maximum atomic E-state index is 4.89. The zero-order valence-electron chi connectivity index (χ0n) is 13.6. The SMILES string of the molecule is CCNc1cc(CC(C)C)nc(C2SCCSC2CC)n1. The highest BCUT2D eigenvalue weighted by molar-refractivity contribution is 8.06. The van der Waals surface area contributed by atoms with Gasteiger partial charge in [0.25, 0.3) is 0 Å². The summed E-state index contributed by atoms with van der Waals surface area (Å²) < 4.78 is 0. The van der Waals surface area contributed by atoms with Gasteiger partial charge in [0.1, 0.15) is 11.6 Å². The van der Waals surface area contributed by atoms with E-state index in [2.05, 4.69) is 50.8 Å². The maximum absolute atomic E-state index is 4.89. The van der Waals surface area contributed by atoms with Crippen molar-refractivity contribution in [2.24, 2.45) is 5.92 Å². The van der Waals surface area contributed by atoms with Gasteiger partial charge in [-0.3, -0.25) is 0 Å². The van der Waals surface area contributed by atoms with E-state index in [0.717, 1.165) is 24.6 Å². The molecule has 0 saturated carbocycles. The fourth-order valence-corrected chi connectivity index (χ4v) is 5.57. The topological polar surface area (TPSA) is 37.8 Å². The van der Waals surface area contributed by atoms with E-state index in [0.29, 0.717) is 16.4 Å². The van der Waals surface area contributed by atoms with Crippen molar-refractivity contribution in [3.8, 4) is 0 Å². The van der Waals surface area contributed by atoms with Gasteiger partial charge in [-0.1, -0.05) is 20.8 Å². The lowest BCUT2D eigenvalue weighted by Gasteiger charge is -2.29. The molecular formula is C16H27N3S2. The molecular weight excluding hydrogens is 298 g/mol. The highest BCUT2D eigenvalue weighted by Crippen LogP contribution is 2.43. The van der Waals surface area contributed by atoms with E-state index in [1.807, 2.05) is 11.8 Å². The third-order valence-electron chi connectivity index (χ3n) is 3.48. The van der Waals surface area contributed by atoms with Crippen molar-refractivity contribution in [3.63, 3.8) is 0 Å². The minimum atomic E-state index is 0.443. The van der Waals surface area contributed by atoms with Crippen LogP contribution in [0, 0.1) is 5.92 Å². The molecule has 21 heavy (non-hydrogen) atoms. The number of hydrogen-bond donors (Lipinski definition) is 1. The molecule has 1 saturated heterocycles. The predicted octanol–water partition coefficient (Wildman–Crippen LogP) is 4.41. The van der Waals surface area contributed by atoms with Gasteiger partial charge in [-0.25, -0.2) is 9.97 Å². The molecule has 0 bridgehead atoms. The van der Waals surface area contributed by atoms with Crippen LogP contribution in [0.25, 0.3) is 0 Å². The third kappa shape index (κ3) is 4.78. The van der Waals surface area contributed by atoms with Crippen LogP contribution in [0.2, 0.25) is 0 Å². The van der Waals surface area contributed by atoms with Crippen molar-refractivity contribution in [2.75, 3.05) is 23.4 Å². The second kappa shape index (κ2) is 8.28. The van der Waals surface area contributed by atoms with Crippen LogP contribution in [0.1, 0.15) is 50.9 Å². The van der Waals surface area contributed by atoms with E-state index in [9.17, 15) is 0 Å². The Morgan fingerprint density at radius 1 is 1.24 bits per heavy atom. The van der Waals surface area contributed by atoms with Crippen molar-refractivity contribution < 1.29 is 0 Å². The molecule has 0 amide bonds. The number of rotatable bonds is 6. The van der Waals surface area contributed by atoms with Crippen LogP contribution < -0.4 is 5.32 Å². The molecule has 1 aliphatic rings. The molecule has 1 aromatic heterocycles. The molecule has 0 aliphatic carbocycles. The van der Waals surface area contributed by atoms with Gasteiger partial charge in [0.15, 0.2) is 0 Å². The van der Waals surface area contributed by atoms with E-state index >= 15 is 0 Å². The first-order valence-corrected chi connectivity index (χ1v) is 10.1. The van der Waals surface area contributed by atoms with Gasteiger partial charge in [0, 0.05) is 35.1 Å². The molecule has 5 heteroatoms. The summed E-state index contributed by atoms with van der Waals surface area (Å²) in [7, 11) is 0. The summed E-state index contributed by atoms with van der Waals surface area (Å²) in [5, 5.41) is 4.46. The van der Waals surface area contributed by atoms with Crippen LogP contribution in [0.3, 0.4) is 0 Å². The molecule has 2 heterocycles. The zero-order chi connectivity index (χ0) is 15.2. The Kier molecular flexibility index (Phi) is 6.68. The largest absolute Gasteiger partial charge is 0.370 e. The lowest BCUT2D eigenvalue weighted by atomic mass is 10.1. The Balaban J connectivity index is 2.29. The first-order valence-electron chi connectivity index (χ1n) is 7.99. The van der Waals surface area contributed by atoms with Gasteiger partial charge in [-0.2, -0.15) is 11.8 Å². The predicted molar refractivity (Wildman–Crippen MR) is 96.5 cm³/mol. The van der Waals surface area contributed by atoms with E-state index in [1.165, 1.54) is 23.6 Å². The van der Waals surface area contributed by atoms with Crippen LogP contribution in [0.15, 0.2) is 6.07 Å². The summed E-state index contributed by atoms with van der Waals surface area (Å²) in [6.07, 6.45) is 2.21. The second-order valence-electron chi connectivity index (χ2n) is 5.84. The number of nitrogens with one attached hydrogen (secondary N) is 1. The summed E-state index contributed by atoms with van der Waals surface area (Å²) in [4.78, 5) is 9.69. The van der Waals surface area contributed by atoms with Gasteiger partial charge >= 0.3 is 0 Å². The van der Waals surface area contributed by atoms with Crippen LogP contribution in [-0.2, 0) is 6.42 Å². The van der Waals surface area contributed by atoms with E-state index in [1.54, 1.807) is 0 Å². The van der Waals surface area contributed by atoms with E-state index in [4.69, 9.17) is 9.97 Å². The van der Waals surface area contributed by atoms with Crippen LogP contribution in [0.5, 0.6) is 0 Å². The minimum absolute atomic E-state index is 0.443. The van der Waals surface area contributed by atoms with Crippen molar-refractivity contribution in [3.05, 3.63) is 17.6 Å². The quantitative estimate of drug-likeness (QED) is 0.839. The van der Waals surface area contributed by atoms with E-state index in [-0.39, 0.29) is 0 Å². The number of hydrogen-bond acceptors (Lipinski definition) is 5. The molecule has 2 rings (SSSR count). The minimum Gasteiger partial charge on any atom is -0.370 e. The lowest BCUT2D eigenvalue weighted by molar-refractivity contribution is 0.627. The van der Waals surface area contributed by atoms with Crippen molar-refractivity contribution in [1.29, 1.82) is 0 Å². The first kappa shape index (κ1) is 16.9. The van der Waals surface area contributed by atoms with E-state index < -0.39 is 0 Å². The fraction of sp³-hybridized carbons (Fsp3) is 0.750. The van der Waals surface area contributed by atoms with Crippen LogP contribution in [-0.4, -0.2) is 33.3 Å². The molecule has 118 valence electrons. The maximum Gasteiger partial charge on any atom is 0.145 e. The molecule has 3 nitrogen and oxygen atoms in total. The second-order valence-corrected chi connectivity index (χ2v) is 8.44. The van der Waals surface area contributed by atoms with Gasteiger partial charge in [0.05, 0.1) is 5.25 Å². The smallest absolute Gasteiger partial charge is 0.145 e. The normalized spacial score (nSPS) is 22.5. The summed E-state index contributed by atoms with van der Waals surface area (Å²) in [6, 6.07) is 2.12. The molecule has 1 N–H and O–H groups in total. The van der Waals surface area contributed by atoms with Gasteiger partial charge < -0.3 is 5.32 Å². The van der Waals surface area contributed by atoms with Crippen molar-refractivity contribution in [1.82, 2.24) is 9.97 Å².